The van der Waals surface area contributed by atoms with E-state index in [0.29, 0.717) is 0 Å². The number of nitrogens with zero attached hydrogens (tertiary/aromatic N) is 1. The molecular weight excluding hydrogens is 174 g/mol. The van der Waals surface area contributed by atoms with Gasteiger partial charge in [-0.2, -0.15) is 0 Å². The third kappa shape index (κ3) is 2.16. The average molecular weight is 187 g/mol. The van der Waals surface area contributed by atoms with Gasteiger partial charge in [0.1, 0.15) is 11.5 Å². The van der Waals surface area contributed by atoms with Gasteiger partial charge in [-0.1, -0.05) is 18.2 Å². The average Bonchev–Trinajstić information content (AvgIpc) is 2.23. The zero-order valence-corrected chi connectivity index (χ0v) is 8.18. The molecule has 0 saturated heterocycles. The first-order chi connectivity index (χ1) is 6.84. The predicted molar refractivity (Wildman–Crippen MR) is 56.9 cm³/mol. The fourth-order valence-electron chi connectivity index (χ4n) is 1.26. The van der Waals surface area contributed by atoms with Crippen LogP contribution in [-0.2, 0) is 0 Å². The SMILES string of the molecule is CN1C=CC(Oc2ccccc2)=CC1. The normalized spacial score (nSPS) is 15.2. The molecule has 1 aromatic rings. The standard InChI is InChI=1S/C12H13NO/c1-13-9-7-12(8-10-13)14-11-5-3-2-4-6-11/h2-9H,10H2,1H3. The van der Waals surface area contributed by atoms with Crippen LogP contribution in [0.2, 0.25) is 0 Å². The van der Waals surface area contributed by atoms with Crippen LogP contribution in [-0.4, -0.2) is 18.5 Å². The third-order valence-corrected chi connectivity index (χ3v) is 2.05. The molecule has 0 aromatic heterocycles. The van der Waals surface area contributed by atoms with Crippen LogP contribution in [0.4, 0.5) is 0 Å². The first-order valence-electron chi connectivity index (χ1n) is 4.66. The van der Waals surface area contributed by atoms with Crippen molar-refractivity contribution in [2.75, 3.05) is 13.6 Å². The molecule has 1 aliphatic rings. The highest BCUT2D eigenvalue weighted by atomic mass is 16.5. The molecule has 72 valence electrons. The van der Waals surface area contributed by atoms with E-state index in [2.05, 4.69) is 11.0 Å². The third-order valence-electron chi connectivity index (χ3n) is 2.05. The van der Waals surface area contributed by atoms with Crippen molar-refractivity contribution >= 4 is 0 Å². The van der Waals surface area contributed by atoms with E-state index < -0.39 is 0 Å². The maximum atomic E-state index is 5.65. The molecule has 0 saturated carbocycles. The number of para-hydroxylation sites is 1. The number of hydrogen-bond donors (Lipinski definition) is 0. The minimum absolute atomic E-state index is 0.882. The van der Waals surface area contributed by atoms with Crippen LogP contribution < -0.4 is 4.74 Å². The molecular formula is C12H13NO. The fraction of sp³-hybridized carbons (Fsp3) is 0.167. The largest absolute Gasteiger partial charge is 0.458 e. The zero-order valence-electron chi connectivity index (χ0n) is 8.18. The van der Waals surface area contributed by atoms with Gasteiger partial charge in [0.05, 0.1) is 0 Å². The number of allylic oxidation sites excluding steroid dienone is 1. The van der Waals surface area contributed by atoms with Crippen LogP contribution >= 0.6 is 0 Å². The van der Waals surface area contributed by atoms with Crippen molar-refractivity contribution < 1.29 is 4.74 Å². The lowest BCUT2D eigenvalue weighted by molar-refractivity contribution is 0.416. The Balaban J connectivity index is 2.03. The summed E-state index contributed by atoms with van der Waals surface area (Å²) in [7, 11) is 2.03. The van der Waals surface area contributed by atoms with Crippen molar-refractivity contribution in [1.29, 1.82) is 0 Å². The Morgan fingerprint density at radius 3 is 2.64 bits per heavy atom. The maximum Gasteiger partial charge on any atom is 0.127 e. The van der Waals surface area contributed by atoms with Gasteiger partial charge in [-0.3, -0.25) is 0 Å². The quantitative estimate of drug-likeness (QED) is 0.705. The second-order valence-electron chi connectivity index (χ2n) is 3.28. The minimum atomic E-state index is 0.882. The summed E-state index contributed by atoms with van der Waals surface area (Å²) < 4.78 is 5.65. The zero-order chi connectivity index (χ0) is 9.80. The van der Waals surface area contributed by atoms with Gasteiger partial charge < -0.3 is 9.64 Å². The lowest BCUT2D eigenvalue weighted by Crippen LogP contribution is -2.15. The van der Waals surface area contributed by atoms with E-state index in [1.165, 1.54) is 0 Å². The molecule has 0 aliphatic carbocycles. The fourth-order valence-corrected chi connectivity index (χ4v) is 1.26. The van der Waals surface area contributed by atoms with E-state index in [1.807, 2.05) is 49.7 Å². The molecule has 0 fully saturated rings. The molecule has 0 atom stereocenters. The van der Waals surface area contributed by atoms with Gasteiger partial charge in [0.2, 0.25) is 0 Å². The Kier molecular flexibility index (Phi) is 2.54. The molecule has 14 heavy (non-hydrogen) atoms. The molecule has 2 nitrogen and oxygen atoms in total. The highest BCUT2D eigenvalue weighted by Crippen LogP contribution is 2.15. The number of ether oxygens (including phenoxy) is 1. The molecule has 1 aromatic carbocycles. The minimum Gasteiger partial charge on any atom is -0.458 e. The second-order valence-corrected chi connectivity index (χ2v) is 3.28. The van der Waals surface area contributed by atoms with Crippen LogP contribution in [0, 0.1) is 0 Å². The monoisotopic (exact) mass is 187 g/mol. The Morgan fingerprint density at radius 2 is 2.00 bits per heavy atom. The van der Waals surface area contributed by atoms with E-state index >= 15 is 0 Å². The van der Waals surface area contributed by atoms with Crippen molar-refractivity contribution in [3.63, 3.8) is 0 Å². The van der Waals surface area contributed by atoms with E-state index in [0.717, 1.165) is 18.1 Å². The summed E-state index contributed by atoms with van der Waals surface area (Å²) in [6.07, 6.45) is 6.04. The summed E-state index contributed by atoms with van der Waals surface area (Å²) in [5.41, 5.74) is 0. The van der Waals surface area contributed by atoms with Crippen molar-refractivity contribution in [1.82, 2.24) is 4.90 Å². The summed E-state index contributed by atoms with van der Waals surface area (Å²) in [6.45, 7) is 0.901. The summed E-state index contributed by atoms with van der Waals surface area (Å²) in [6, 6.07) is 9.81. The van der Waals surface area contributed by atoms with E-state index in [4.69, 9.17) is 4.74 Å². The Morgan fingerprint density at radius 1 is 1.21 bits per heavy atom. The summed E-state index contributed by atoms with van der Waals surface area (Å²) >= 11 is 0. The van der Waals surface area contributed by atoms with Crippen molar-refractivity contribution in [3.8, 4) is 5.75 Å². The van der Waals surface area contributed by atoms with Crippen LogP contribution in [0.5, 0.6) is 5.75 Å². The maximum absolute atomic E-state index is 5.65. The molecule has 0 N–H and O–H groups in total. The van der Waals surface area contributed by atoms with Crippen LogP contribution in [0.25, 0.3) is 0 Å². The van der Waals surface area contributed by atoms with Gasteiger partial charge in [-0.25, -0.2) is 0 Å². The van der Waals surface area contributed by atoms with Gasteiger partial charge >= 0.3 is 0 Å². The number of rotatable bonds is 2. The van der Waals surface area contributed by atoms with Crippen molar-refractivity contribution in [2.45, 2.75) is 0 Å². The smallest absolute Gasteiger partial charge is 0.127 e. The number of benzene rings is 1. The van der Waals surface area contributed by atoms with Crippen molar-refractivity contribution in [2.24, 2.45) is 0 Å². The molecule has 2 heteroatoms. The Bertz CT molecular complexity index is 354. The predicted octanol–water partition coefficient (Wildman–Crippen LogP) is 2.41. The first kappa shape index (κ1) is 8.88. The molecule has 0 radical (unpaired) electrons. The van der Waals surface area contributed by atoms with Crippen LogP contribution in [0.3, 0.4) is 0 Å². The van der Waals surface area contributed by atoms with Crippen LogP contribution in [0.15, 0.2) is 54.4 Å². The molecule has 1 aliphatic heterocycles. The summed E-state index contributed by atoms with van der Waals surface area (Å²) in [5.74, 6) is 1.79. The molecule has 0 spiro atoms. The van der Waals surface area contributed by atoms with Gasteiger partial charge in [-0.15, -0.1) is 0 Å². The van der Waals surface area contributed by atoms with Gasteiger partial charge in [-0.05, 0) is 24.3 Å². The van der Waals surface area contributed by atoms with Gasteiger partial charge in [0.25, 0.3) is 0 Å². The highest BCUT2D eigenvalue weighted by molar-refractivity contribution is 5.27. The summed E-state index contributed by atoms with van der Waals surface area (Å²) in [5, 5.41) is 0. The van der Waals surface area contributed by atoms with E-state index in [9.17, 15) is 0 Å². The summed E-state index contributed by atoms with van der Waals surface area (Å²) in [4.78, 5) is 2.10. The molecule has 0 bridgehead atoms. The van der Waals surface area contributed by atoms with Crippen LogP contribution in [0.1, 0.15) is 0 Å². The molecule has 2 rings (SSSR count). The topological polar surface area (TPSA) is 12.5 Å². The lowest BCUT2D eigenvalue weighted by Gasteiger charge is -2.17. The molecule has 1 heterocycles. The molecule has 0 unspecified atom stereocenters. The van der Waals surface area contributed by atoms with E-state index in [1.54, 1.807) is 0 Å². The first-order valence-corrected chi connectivity index (χ1v) is 4.66. The van der Waals surface area contributed by atoms with Gasteiger partial charge in [0, 0.05) is 19.8 Å². The molecule has 0 amide bonds. The van der Waals surface area contributed by atoms with Gasteiger partial charge in [0.15, 0.2) is 0 Å². The lowest BCUT2D eigenvalue weighted by atomic mass is 10.3. The second kappa shape index (κ2) is 4.01. The number of likely N-dealkylation sites (N-methyl/N-ethyl adjacent to an activating group) is 1. The van der Waals surface area contributed by atoms with E-state index in [-0.39, 0.29) is 0 Å². The highest BCUT2D eigenvalue weighted by Gasteiger charge is 2.01. The Labute approximate surface area is 84.1 Å². The Hall–Kier alpha value is -1.70. The van der Waals surface area contributed by atoms with Crippen molar-refractivity contribution in [3.05, 3.63) is 54.4 Å². The number of hydrogen-bond acceptors (Lipinski definition) is 2.